The van der Waals surface area contributed by atoms with Gasteiger partial charge >= 0.3 is 39.5 Å². The van der Waals surface area contributed by atoms with Crippen molar-refractivity contribution in [1.82, 2.24) is 0 Å². The summed E-state index contributed by atoms with van der Waals surface area (Å²) in [5, 5.41) is 10.7. The Hall–Kier alpha value is -1.94. The molecule has 3 N–H and O–H groups in total. The normalized spacial score (nSPS) is 14.4. The highest BCUT2D eigenvalue weighted by atomic mass is 31.2. The molecule has 0 aliphatic heterocycles. The first-order valence-corrected chi connectivity index (χ1v) is 48.3. The molecule has 0 aliphatic rings. The van der Waals surface area contributed by atoms with Gasteiger partial charge in [0.15, 0.2) is 12.2 Å². The summed E-state index contributed by atoms with van der Waals surface area (Å²) in [6.07, 6.45) is 66.6. The molecular formula is C88H172O17P2. The molecule has 107 heavy (non-hydrogen) atoms. The molecule has 0 aliphatic carbocycles. The van der Waals surface area contributed by atoms with Crippen molar-refractivity contribution in [1.29, 1.82) is 0 Å². The van der Waals surface area contributed by atoms with Crippen LogP contribution >= 0.6 is 15.6 Å². The van der Waals surface area contributed by atoms with Crippen LogP contribution in [0.1, 0.15) is 460 Å². The Morgan fingerprint density at radius 1 is 0.262 bits per heavy atom. The first kappa shape index (κ1) is 105. The van der Waals surface area contributed by atoms with E-state index >= 15 is 0 Å². The van der Waals surface area contributed by atoms with Gasteiger partial charge in [0.05, 0.1) is 26.4 Å². The number of carbonyl (C=O) groups is 4. The van der Waals surface area contributed by atoms with Crippen LogP contribution in [0.4, 0.5) is 0 Å². The summed E-state index contributed by atoms with van der Waals surface area (Å²) in [7, 11) is -9.93. The largest absolute Gasteiger partial charge is 0.472 e. The highest BCUT2D eigenvalue weighted by Gasteiger charge is 2.31. The molecule has 0 saturated heterocycles. The van der Waals surface area contributed by atoms with Crippen LogP contribution in [0.3, 0.4) is 0 Å². The molecule has 636 valence electrons. The predicted molar refractivity (Wildman–Crippen MR) is 441 cm³/mol. The number of aliphatic hydroxyl groups excluding tert-OH is 1. The van der Waals surface area contributed by atoms with Crippen LogP contribution in [0.15, 0.2) is 0 Å². The molecule has 0 aromatic carbocycles. The molecular weight excluding hydrogens is 1390 g/mol. The average molecular weight is 1560 g/mol. The second kappa shape index (κ2) is 76.7. The van der Waals surface area contributed by atoms with Gasteiger partial charge in [-0.05, 0) is 49.4 Å². The van der Waals surface area contributed by atoms with E-state index in [0.717, 1.165) is 114 Å². The number of phosphoric ester groups is 2. The second-order valence-electron chi connectivity index (χ2n) is 33.1. The maximum atomic E-state index is 13.2. The lowest BCUT2D eigenvalue weighted by Gasteiger charge is -2.21. The van der Waals surface area contributed by atoms with E-state index in [-0.39, 0.29) is 25.7 Å². The maximum Gasteiger partial charge on any atom is 0.472 e. The monoisotopic (exact) mass is 1560 g/mol. The van der Waals surface area contributed by atoms with Crippen molar-refractivity contribution >= 4 is 39.5 Å². The summed E-state index contributed by atoms with van der Waals surface area (Å²) in [5.41, 5.74) is 0. The Morgan fingerprint density at radius 2 is 0.449 bits per heavy atom. The lowest BCUT2D eigenvalue weighted by atomic mass is 9.99. The van der Waals surface area contributed by atoms with Gasteiger partial charge in [-0.2, -0.15) is 0 Å². The zero-order valence-electron chi connectivity index (χ0n) is 70.8. The van der Waals surface area contributed by atoms with E-state index in [1.807, 2.05) is 0 Å². The molecule has 0 aromatic heterocycles. The van der Waals surface area contributed by atoms with Crippen molar-refractivity contribution in [3.8, 4) is 0 Å². The van der Waals surface area contributed by atoms with E-state index in [4.69, 9.17) is 37.0 Å². The summed E-state index contributed by atoms with van der Waals surface area (Å²) in [6, 6.07) is 0. The van der Waals surface area contributed by atoms with E-state index in [0.29, 0.717) is 25.7 Å². The number of hydrogen-bond donors (Lipinski definition) is 3. The van der Waals surface area contributed by atoms with Crippen molar-refractivity contribution in [2.75, 3.05) is 39.6 Å². The smallest absolute Gasteiger partial charge is 0.462 e. The fourth-order valence-electron chi connectivity index (χ4n) is 13.6. The Kier molecular flexibility index (Phi) is 75.3. The number of aliphatic hydroxyl groups is 1. The number of ether oxygens (including phenoxy) is 4. The predicted octanol–water partition coefficient (Wildman–Crippen LogP) is 26.7. The number of hydrogen-bond acceptors (Lipinski definition) is 15. The molecule has 0 heterocycles. The van der Waals surface area contributed by atoms with E-state index < -0.39 is 97.5 Å². The van der Waals surface area contributed by atoms with Crippen molar-refractivity contribution in [3.05, 3.63) is 0 Å². The molecule has 0 aromatic rings. The molecule has 17 nitrogen and oxygen atoms in total. The molecule has 4 unspecified atom stereocenters. The van der Waals surface area contributed by atoms with Crippen LogP contribution in [0, 0.1) is 23.7 Å². The van der Waals surface area contributed by atoms with Gasteiger partial charge in [-0.1, -0.05) is 409 Å². The number of unbranched alkanes of at least 4 members (excludes halogenated alkanes) is 49. The standard InChI is InChI=1S/C88H172O17P2/c1-9-80(7)66-58-50-42-33-27-21-15-13-11-12-14-16-24-30-36-46-54-62-70-87(92)104-83(74-98-85(90)68-60-52-44-35-29-23-18-17-22-28-34-43-51-59-67-81(8)10-2)76-102-106(94,95)100-72-82(89)73-101-107(96,97)103-77-84(75-99-86(91)69-61-53-45-39-38-41-49-57-65-79(5)6)105-88(93)71-63-55-47-37-31-25-19-20-26-32-40-48-56-64-78(3)4/h78-84,89H,9-77H2,1-8H3,(H,94,95)(H,96,97)/t80?,81?,82-,83-,84-/m1/s1. The third-order valence-corrected chi connectivity index (χ3v) is 23.2. The van der Waals surface area contributed by atoms with Crippen LogP contribution in [-0.4, -0.2) is 96.7 Å². The fraction of sp³-hybridized carbons (Fsp3) is 0.955. The Balaban J connectivity index is 5.24. The lowest BCUT2D eigenvalue weighted by Crippen LogP contribution is -2.30. The summed E-state index contributed by atoms with van der Waals surface area (Å²) in [5.74, 6) is 1.13. The summed E-state index contributed by atoms with van der Waals surface area (Å²) in [4.78, 5) is 73.3. The fourth-order valence-corrected chi connectivity index (χ4v) is 15.2. The number of phosphoric acid groups is 2. The second-order valence-corrected chi connectivity index (χ2v) is 36.0. The Bertz CT molecular complexity index is 2080. The zero-order chi connectivity index (χ0) is 78.8. The highest BCUT2D eigenvalue weighted by molar-refractivity contribution is 7.47. The van der Waals surface area contributed by atoms with Crippen molar-refractivity contribution in [2.45, 2.75) is 478 Å². The van der Waals surface area contributed by atoms with Crippen LogP contribution < -0.4 is 0 Å². The number of rotatable bonds is 85. The van der Waals surface area contributed by atoms with Crippen LogP contribution in [0.2, 0.25) is 0 Å². The van der Waals surface area contributed by atoms with Gasteiger partial charge in [-0.3, -0.25) is 37.3 Å². The maximum absolute atomic E-state index is 13.2. The van der Waals surface area contributed by atoms with Gasteiger partial charge in [0, 0.05) is 25.7 Å². The molecule has 0 fully saturated rings. The minimum absolute atomic E-state index is 0.107. The summed E-state index contributed by atoms with van der Waals surface area (Å²) < 4.78 is 69.0. The summed E-state index contributed by atoms with van der Waals surface area (Å²) >= 11 is 0. The zero-order valence-corrected chi connectivity index (χ0v) is 72.6. The Morgan fingerprint density at radius 3 is 0.664 bits per heavy atom. The quantitative estimate of drug-likeness (QED) is 0.0222. The highest BCUT2D eigenvalue weighted by Crippen LogP contribution is 2.45. The Labute approximate surface area is 658 Å². The van der Waals surface area contributed by atoms with Crippen molar-refractivity contribution < 1.29 is 80.2 Å². The first-order chi connectivity index (χ1) is 51.7. The van der Waals surface area contributed by atoms with E-state index in [1.54, 1.807) is 0 Å². The van der Waals surface area contributed by atoms with Crippen LogP contribution in [0.5, 0.6) is 0 Å². The van der Waals surface area contributed by atoms with Gasteiger partial charge in [0.2, 0.25) is 0 Å². The molecule has 0 bridgehead atoms. The number of esters is 4. The lowest BCUT2D eigenvalue weighted by molar-refractivity contribution is -0.161. The van der Waals surface area contributed by atoms with Crippen molar-refractivity contribution in [3.63, 3.8) is 0 Å². The molecule has 0 rings (SSSR count). The van der Waals surface area contributed by atoms with Crippen LogP contribution in [0.25, 0.3) is 0 Å². The molecule has 7 atom stereocenters. The van der Waals surface area contributed by atoms with Gasteiger partial charge in [-0.15, -0.1) is 0 Å². The van der Waals surface area contributed by atoms with Crippen LogP contribution in [-0.2, 0) is 65.4 Å². The minimum atomic E-state index is -4.97. The third-order valence-electron chi connectivity index (χ3n) is 21.3. The summed E-state index contributed by atoms with van der Waals surface area (Å²) in [6.45, 7) is 14.4. The van der Waals surface area contributed by atoms with E-state index in [9.17, 15) is 43.2 Å². The topological polar surface area (TPSA) is 237 Å². The first-order valence-electron chi connectivity index (χ1n) is 45.3. The number of carbonyl (C=O) groups excluding carboxylic acids is 4. The van der Waals surface area contributed by atoms with Gasteiger partial charge in [0.1, 0.15) is 19.3 Å². The van der Waals surface area contributed by atoms with Gasteiger partial charge in [-0.25, -0.2) is 9.13 Å². The molecule has 0 spiro atoms. The average Bonchev–Trinajstić information content (AvgIpc) is 0.899. The third kappa shape index (κ3) is 79.1. The van der Waals surface area contributed by atoms with Gasteiger partial charge in [0.25, 0.3) is 0 Å². The van der Waals surface area contributed by atoms with E-state index in [2.05, 4.69) is 55.4 Å². The van der Waals surface area contributed by atoms with E-state index in [1.165, 1.54) is 263 Å². The molecule has 19 heteroatoms. The molecule has 0 saturated carbocycles. The SMILES string of the molecule is CCC(C)CCCCCCCCCCCCCCCCCCCCC(=O)O[C@H](COC(=O)CCCCCCCCCCCCCCCCC(C)CC)COP(=O)(O)OC[C@@H](O)COP(=O)(O)OC[C@@H](COC(=O)CCCCCCCCCCC(C)C)OC(=O)CCCCCCCCCCCCCCCC(C)C. The molecule has 0 radical (unpaired) electrons. The van der Waals surface area contributed by atoms with Gasteiger partial charge < -0.3 is 33.8 Å². The minimum Gasteiger partial charge on any atom is -0.462 e. The van der Waals surface area contributed by atoms with Crippen molar-refractivity contribution in [2.24, 2.45) is 23.7 Å². The molecule has 0 amide bonds.